The molecular formula is C18H23NO3. The van der Waals surface area contributed by atoms with E-state index in [9.17, 15) is 0 Å². The summed E-state index contributed by atoms with van der Waals surface area (Å²) in [4.78, 5) is 0. The Balaban J connectivity index is 2.08. The van der Waals surface area contributed by atoms with Gasteiger partial charge >= 0.3 is 0 Å². The highest BCUT2D eigenvalue weighted by Crippen LogP contribution is 2.34. The van der Waals surface area contributed by atoms with Crippen LogP contribution in [0, 0.1) is 6.92 Å². The molecule has 0 bridgehead atoms. The number of aryl methyl sites for hydroxylation is 1. The van der Waals surface area contributed by atoms with Gasteiger partial charge in [-0.15, -0.1) is 0 Å². The second-order valence-corrected chi connectivity index (χ2v) is 5.11. The predicted octanol–water partition coefficient (Wildman–Crippen LogP) is 3.31. The lowest BCUT2D eigenvalue weighted by Crippen LogP contribution is -2.13. The Labute approximate surface area is 132 Å². The molecule has 2 rings (SSSR count). The maximum absolute atomic E-state index is 5.43. The summed E-state index contributed by atoms with van der Waals surface area (Å²) >= 11 is 0. The van der Waals surface area contributed by atoms with Crippen LogP contribution in [0.1, 0.15) is 16.7 Å². The Morgan fingerprint density at radius 2 is 1.50 bits per heavy atom. The third-order valence-corrected chi connectivity index (χ3v) is 3.51. The lowest BCUT2D eigenvalue weighted by atomic mass is 10.1. The van der Waals surface area contributed by atoms with E-state index in [0.717, 1.165) is 17.9 Å². The zero-order valence-electron chi connectivity index (χ0n) is 13.6. The molecule has 2 aromatic carbocycles. The van der Waals surface area contributed by atoms with Crippen LogP contribution in [0.2, 0.25) is 0 Å². The molecule has 4 nitrogen and oxygen atoms in total. The Morgan fingerprint density at radius 3 is 2.14 bits per heavy atom. The summed E-state index contributed by atoms with van der Waals surface area (Å²) in [6, 6.07) is 12.3. The van der Waals surface area contributed by atoms with Crippen molar-refractivity contribution in [1.82, 2.24) is 5.32 Å². The van der Waals surface area contributed by atoms with Gasteiger partial charge in [0, 0.05) is 24.7 Å². The molecule has 118 valence electrons. The molecule has 0 aliphatic heterocycles. The number of hydrogen-bond acceptors (Lipinski definition) is 4. The van der Waals surface area contributed by atoms with Crippen LogP contribution in [0.3, 0.4) is 0 Å². The molecule has 0 atom stereocenters. The molecule has 0 aromatic heterocycles. The number of methoxy groups -OCH3 is 3. The zero-order chi connectivity index (χ0) is 15.9. The van der Waals surface area contributed by atoms with Crippen molar-refractivity contribution in [3.63, 3.8) is 0 Å². The maximum atomic E-state index is 5.43. The first kappa shape index (κ1) is 16.2. The topological polar surface area (TPSA) is 39.7 Å². The zero-order valence-corrected chi connectivity index (χ0v) is 13.6. The van der Waals surface area contributed by atoms with E-state index in [2.05, 4.69) is 36.5 Å². The van der Waals surface area contributed by atoms with Crippen molar-refractivity contribution in [2.75, 3.05) is 21.3 Å². The van der Waals surface area contributed by atoms with E-state index >= 15 is 0 Å². The van der Waals surface area contributed by atoms with Gasteiger partial charge in [0.2, 0.25) is 0 Å². The van der Waals surface area contributed by atoms with Gasteiger partial charge in [-0.05, 0) is 18.6 Å². The molecule has 0 unspecified atom stereocenters. The minimum atomic E-state index is 0.668. The summed E-state index contributed by atoms with van der Waals surface area (Å²) in [5, 5.41) is 3.43. The normalized spacial score (nSPS) is 10.4. The predicted molar refractivity (Wildman–Crippen MR) is 87.8 cm³/mol. The van der Waals surface area contributed by atoms with E-state index in [1.165, 1.54) is 11.1 Å². The average Bonchev–Trinajstić information content (AvgIpc) is 2.54. The number of benzene rings is 2. The molecule has 0 radical (unpaired) electrons. The van der Waals surface area contributed by atoms with Crippen molar-refractivity contribution in [1.29, 1.82) is 0 Å². The third kappa shape index (κ3) is 3.92. The minimum Gasteiger partial charge on any atom is -0.496 e. The van der Waals surface area contributed by atoms with E-state index in [0.29, 0.717) is 18.0 Å². The van der Waals surface area contributed by atoms with Gasteiger partial charge in [0.15, 0.2) is 11.5 Å². The molecule has 4 heteroatoms. The number of hydrogen-bond donors (Lipinski definition) is 1. The highest BCUT2D eigenvalue weighted by Gasteiger charge is 2.11. The summed E-state index contributed by atoms with van der Waals surface area (Å²) in [6.45, 7) is 3.59. The third-order valence-electron chi connectivity index (χ3n) is 3.51. The fourth-order valence-corrected chi connectivity index (χ4v) is 2.39. The van der Waals surface area contributed by atoms with Gasteiger partial charge in [0.25, 0.3) is 0 Å². The van der Waals surface area contributed by atoms with E-state index in [1.54, 1.807) is 21.3 Å². The van der Waals surface area contributed by atoms with Crippen LogP contribution in [-0.4, -0.2) is 21.3 Å². The van der Waals surface area contributed by atoms with Crippen molar-refractivity contribution >= 4 is 0 Å². The van der Waals surface area contributed by atoms with Crippen molar-refractivity contribution in [3.05, 3.63) is 53.1 Å². The SMILES string of the molecule is COc1cc(OC)c(OC)cc1CNCc1cccc(C)c1. The van der Waals surface area contributed by atoms with Gasteiger partial charge < -0.3 is 19.5 Å². The van der Waals surface area contributed by atoms with Gasteiger partial charge in [0.1, 0.15) is 5.75 Å². The molecule has 0 heterocycles. The van der Waals surface area contributed by atoms with Crippen LogP contribution in [-0.2, 0) is 13.1 Å². The fourth-order valence-electron chi connectivity index (χ4n) is 2.39. The summed E-state index contributed by atoms with van der Waals surface area (Å²) in [5.74, 6) is 2.16. The molecule has 22 heavy (non-hydrogen) atoms. The number of rotatable bonds is 7. The highest BCUT2D eigenvalue weighted by atomic mass is 16.5. The molecule has 0 aliphatic rings. The first-order chi connectivity index (χ1) is 10.7. The molecule has 0 fully saturated rings. The van der Waals surface area contributed by atoms with E-state index in [4.69, 9.17) is 14.2 Å². The fraction of sp³-hybridized carbons (Fsp3) is 0.333. The van der Waals surface area contributed by atoms with Crippen molar-refractivity contribution in [2.24, 2.45) is 0 Å². The molecule has 0 amide bonds. The Hall–Kier alpha value is -2.20. The lowest BCUT2D eigenvalue weighted by Gasteiger charge is -2.14. The summed E-state index contributed by atoms with van der Waals surface area (Å²) < 4.78 is 16.1. The lowest BCUT2D eigenvalue weighted by molar-refractivity contribution is 0.347. The Kier molecular flexibility index (Phi) is 5.67. The first-order valence-corrected chi connectivity index (χ1v) is 7.23. The van der Waals surface area contributed by atoms with Crippen LogP contribution < -0.4 is 19.5 Å². The van der Waals surface area contributed by atoms with Crippen molar-refractivity contribution in [2.45, 2.75) is 20.0 Å². The number of nitrogens with one attached hydrogen (secondary N) is 1. The average molecular weight is 301 g/mol. The molecule has 1 N–H and O–H groups in total. The Bertz CT molecular complexity index is 626. The van der Waals surface area contributed by atoms with Crippen molar-refractivity contribution < 1.29 is 14.2 Å². The minimum absolute atomic E-state index is 0.668. The molecule has 0 aliphatic carbocycles. The van der Waals surface area contributed by atoms with Gasteiger partial charge in [-0.3, -0.25) is 0 Å². The van der Waals surface area contributed by atoms with E-state index in [-0.39, 0.29) is 0 Å². The standard InChI is InChI=1S/C18H23NO3/c1-13-6-5-7-14(8-13)11-19-12-15-9-17(21-3)18(22-4)10-16(15)20-2/h5-10,19H,11-12H2,1-4H3. The van der Waals surface area contributed by atoms with Crippen LogP contribution in [0.15, 0.2) is 36.4 Å². The van der Waals surface area contributed by atoms with Crippen LogP contribution in [0.5, 0.6) is 17.2 Å². The quantitative estimate of drug-likeness (QED) is 0.851. The summed E-state index contributed by atoms with van der Waals surface area (Å²) in [7, 11) is 4.91. The number of ether oxygens (including phenoxy) is 3. The maximum Gasteiger partial charge on any atom is 0.164 e. The van der Waals surface area contributed by atoms with Crippen LogP contribution in [0.25, 0.3) is 0 Å². The first-order valence-electron chi connectivity index (χ1n) is 7.23. The summed E-state index contributed by atoms with van der Waals surface area (Å²) in [5.41, 5.74) is 3.57. The van der Waals surface area contributed by atoms with Crippen LogP contribution in [0.4, 0.5) is 0 Å². The molecule has 2 aromatic rings. The monoisotopic (exact) mass is 301 g/mol. The molecule has 0 spiro atoms. The highest BCUT2D eigenvalue weighted by molar-refractivity contribution is 5.50. The molecule has 0 saturated heterocycles. The van der Waals surface area contributed by atoms with Gasteiger partial charge in [-0.2, -0.15) is 0 Å². The van der Waals surface area contributed by atoms with E-state index < -0.39 is 0 Å². The van der Waals surface area contributed by atoms with Gasteiger partial charge in [-0.25, -0.2) is 0 Å². The second kappa shape index (κ2) is 7.71. The van der Waals surface area contributed by atoms with E-state index in [1.807, 2.05) is 12.1 Å². The van der Waals surface area contributed by atoms with Gasteiger partial charge in [0.05, 0.1) is 21.3 Å². The molecule has 0 saturated carbocycles. The van der Waals surface area contributed by atoms with Crippen molar-refractivity contribution in [3.8, 4) is 17.2 Å². The smallest absolute Gasteiger partial charge is 0.164 e. The second-order valence-electron chi connectivity index (χ2n) is 5.11. The summed E-state index contributed by atoms with van der Waals surface area (Å²) in [6.07, 6.45) is 0. The Morgan fingerprint density at radius 1 is 0.818 bits per heavy atom. The van der Waals surface area contributed by atoms with Crippen LogP contribution >= 0.6 is 0 Å². The van der Waals surface area contributed by atoms with Gasteiger partial charge in [-0.1, -0.05) is 29.8 Å². The molecular weight excluding hydrogens is 278 g/mol. The largest absolute Gasteiger partial charge is 0.496 e.